The van der Waals surface area contributed by atoms with Gasteiger partial charge in [-0.1, -0.05) is 26.0 Å². The molecule has 0 aliphatic heterocycles. The monoisotopic (exact) mass is 153 g/mol. The predicted octanol–water partition coefficient (Wildman–Crippen LogP) is 2.20. The first-order chi connectivity index (χ1) is 5.02. The Bertz CT molecular complexity index is 158. The quantitative estimate of drug-likeness (QED) is 0.610. The van der Waals surface area contributed by atoms with Crippen LogP contribution in [0.4, 0.5) is 0 Å². The molecule has 1 saturated carbocycles. The maximum atomic E-state index is 3.85. The van der Waals surface area contributed by atoms with E-state index >= 15 is 0 Å². The number of rotatable bonds is 4. The molecule has 0 radical (unpaired) electrons. The van der Waals surface area contributed by atoms with Crippen LogP contribution in [0.25, 0.3) is 0 Å². The van der Waals surface area contributed by atoms with Gasteiger partial charge in [0.1, 0.15) is 0 Å². The standard InChI is InChI=1S/C10H19N/c1-8(2)6-11-7-9-5-10(9,3)4/h9,11H,1,5-7H2,2-4H3. The zero-order valence-electron chi connectivity index (χ0n) is 7.91. The number of nitrogens with one attached hydrogen (secondary N) is 1. The fourth-order valence-electron chi connectivity index (χ4n) is 1.38. The minimum absolute atomic E-state index is 0.613. The van der Waals surface area contributed by atoms with Gasteiger partial charge in [0.2, 0.25) is 0 Å². The van der Waals surface area contributed by atoms with E-state index in [1.54, 1.807) is 0 Å². The molecule has 1 unspecified atom stereocenters. The lowest BCUT2D eigenvalue weighted by Crippen LogP contribution is -2.20. The van der Waals surface area contributed by atoms with E-state index in [0.29, 0.717) is 5.41 Å². The van der Waals surface area contributed by atoms with Crippen molar-refractivity contribution in [1.29, 1.82) is 0 Å². The highest BCUT2D eigenvalue weighted by atomic mass is 14.9. The van der Waals surface area contributed by atoms with Gasteiger partial charge in [0.15, 0.2) is 0 Å². The van der Waals surface area contributed by atoms with Gasteiger partial charge in [-0.25, -0.2) is 0 Å². The van der Waals surface area contributed by atoms with Gasteiger partial charge in [0.05, 0.1) is 0 Å². The van der Waals surface area contributed by atoms with Crippen LogP contribution in [0.15, 0.2) is 12.2 Å². The summed E-state index contributed by atoms with van der Waals surface area (Å²) in [5.74, 6) is 0.904. The van der Waals surface area contributed by atoms with Crippen molar-refractivity contribution in [3.05, 3.63) is 12.2 Å². The second kappa shape index (κ2) is 2.98. The van der Waals surface area contributed by atoms with E-state index in [4.69, 9.17) is 0 Å². The molecule has 1 fully saturated rings. The van der Waals surface area contributed by atoms with Crippen molar-refractivity contribution < 1.29 is 0 Å². The van der Waals surface area contributed by atoms with E-state index in [1.807, 2.05) is 0 Å². The first kappa shape index (κ1) is 8.79. The predicted molar refractivity (Wildman–Crippen MR) is 49.6 cm³/mol. The lowest BCUT2D eigenvalue weighted by molar-refractivity contribution is 0.529. The van der Waals surface area contributed by atoms with E-state index in [1.165, 1.54) is 18.5 Å². The Hall–Kier alpha value is -0.300. The molecule has 0 aromatic carbocycles. The molecule has 0 spiro atoms. The molecule has 1 aliphatic carbocycles. The Morgan fingerprint density at radius 1 is 1.64 bits per heavy atom. The van der Waals surface area contributed by atoms with Gasteiger partial charge in [0, 0.05) is 6.54 Å². The summed E-state index contributed by atoms with van der Waals surface area (Å²) in [7, 11) is 0. The Morgan fingerprint density at radius 2 is 2.18 bits per heavy atom. The third-order valence-electron chi connectivity index (χ3n) is 2.54. The fourth-order valence-corrected chi connectivity index (χ4v) is 1.38. The van der Waals surface area contributed by atoms with E-state index in [2.05, 4.69) is 32.7 Å². The highest BCUT2D eigenvalue weighted by Gasteiger charge is 2.44. The fraction of sp³-hybridized carbons (Fsp3) is 0.800. The summed E-state index contributed by atoms with van der Waals surface area (Å²) in [6.07, 6.45) is 1.39. The Labute approximate surface area is 69.9 Å². The van der Waals surface area contributed by atoms with Gasteiger partial charge < -0.3 is 5.32 Å². The molecule has 1 N–H and O–H groups in total. The second-order valence-corrected chi connectivity index (χ2v) is 4.48. The zero-order valence-corrected chi connectivity index (χ0v) is 7.91. The van der Waals surface area contributed by atoms with Crippen molar-refractivity contribution in [3.63, 3.8) is 0 Å². The summed E-state index contributed by atoms with van der Waals surface area (Å²) in [5.41, 5.74) is 1.84. The normalized spacial score (nSPS) is 26.6. The van der Waals surface area contributed by atoms with Crippen LogP contribution in [0.2, 0.25) is 0 Å². The van der Waals surface area contributed by atoms with Gasteiger partial charge in [0.25, 0.3) is 0 Å². The summed E-state index contributed by atoms with van der Waals surface area (Å²) in [6.45, 7) is 12.7. The summed E-state index contributed by atoms with van der Waals surface area (Å²) in [6, 6.07) is 0. The summed E-state index contributed by atoms with van der Waals surface area (Å²) >= 11 is 0. The Kier molecular flexibility index (Phi) is 2.38. The van der Waals surface area contributed by atoms with Crippen molar-refractivity contribution in [2.45, 2.75) is 27.2 Å². The molecule has 1 heteroatoms. The van der Waals surface area contributed by atoms with Crippen molar-refractivity contribution in [2.24, 2.45) is 11.3 Å². The molecular formula is C10H19N. The third kappa shape index (κ3) is 2.66. The van der Waals surface area contributed by atoms with E-state index in [9.17, 15) is 0 Å². The van der Waals surface area contributed by atoms with Crippen molar-refractivity contribution in [3.8, 4) is 0 Å². The smallest absolute Gasteiger partial charge is 0.0159 e. The van der Waals surface area contributed by atoms with Crippen LogP contribution in [0.5, 0.6) is 0 Å². The average molecular weight is 153 g/mol. The summed E-state index contributed by atoms with van der Waals surface area (Å²) in [5, 5.41) is 3.40. The highest BCUT2D eigenvalue weighted by Crippen LogP contribution is 2.50. The van der Waals surface area contributed by atoms with Crippen molar-refractivity contribution in [1.82, 2.24) is 5.32 Å². The maximum absolute atomic E-state index is 3.85. The SMILES string of the molecule is C=C(C)CNCC1CC1(C)C. The van der Waals surface area contributed by atoms with Crippen molar-refractivity contribution >= 4 is 0 Å². The number of hydrogen-bond donors (Lipinski definition) is 1. The van der Waals surface area contributed by atoms with Crippen LogP contribution in [0, 0.1) is 11.3 Å². The van der Waals surface area contributed by atoms with E-state index in [-0.39, 0.29) is 0 Å². The van der Waals surface area contributed by atoms with Crippen LogP contribution in [-0.2, 0) is 0 Å². The molecular weight excluding hydrogens is 134 g/mol. The van der Waals surface area contributed by atoms with E-state index in [0.717, 1.165) is 12.5 Å². The third-order valence-corrected chi connectivity index (χ3v) is 2.54. The van der Waals surface area contributed by atoms with Crippen LogP contribution in [0.1, 0.15) is 27.2 Å². The lowest BCUT2D eigenvalue weighted by Gasteiger charge is -2.05. The van der Waals surface area contributed by atoms with Crippen molar-refractivity contribution in [2.75, 3.05) is 13.1 Å². The second-order valence-electron chi connectivity index (χ2n) is 4.48. The molecule has 1 nitrogen and oxygen atoms in total. The summed E-state index contributed by atoms with van der Waals surface area (Å²) < 4.78 is 0. The molecule has 0 saturated heterocycles. The van der Waals surface area contributed by atoms with E-state index < -0.39 is 0 Å². The van der Waals surface area contributed by atoms with Crippen LogP contribution < -0.4 is 5.32 Å². The molecule has 0 aromatic rings. The average Bonchev–Trinajstić information content (AvgIpc) is 2.39. The topological polar surface area (TPSA) is 12.0 Å². The number of hydrogen-bond acceptors (Lipinski definition) is 1. The largest absolute Gasteiger partial charge is 0.313 e. The molecule has 0 amide bonds. The molecule has 11 heavy (non-hydrogen) atoms. The Balaban J connectivity index is 2.02. The first-order valence-corrected chi connectivity index (χ1v) is 4.37. The molecule has 64 valence electrons. The summed E-state index contributed by atoms with van der Waals surface area (Å²) in [4.78, 5) is 0. The first-order valence-electron chi connectivity index (χ1n) is 4.37. The molecule has 0 heterocycles. The van der Waals surface area contributed by atoms with Gasteiger partial charge in [-0.15, -0.1) is 0 Å². The molecule has 0 bridgehead atoms. The van der Waals surface area contributed by atoms with Gasteiger partial charge in [-0.05, 0) is 31.2 Å². The van der Waals surface area contributed by atoms with Crippen LogP contribution in [0.3, 0.4) is 0 Å². The Morgan fingerprint density at radius 3 is 2.55 bits per heavy atom. The molecule has 1 atom stereocenters. The molecule has 1 aliphatic rings. The minimum atomic E-state index is 0.613. The lowest BCUT2D eigenvalue weighted by atomic mass is 10.1. The van der Waals surface area contributed by atoms with Crippen LogP contribution >= 0.6 is 0 Å². The van der Waals surface area contributed by atoms with Gasteiger partial charge >= 0.3 is 0 Å². The highest BCUT2D eigenvalue weighted by molar-refractivity contribution is 4.98. The zero-order chi connectivity index (χ0) is 8.48. The van der Waals surface area contributed by atoms with Crippen LogP contribution in [-0.4, -0.2) is 13.1 Å². The molecule has 1 rings (SSSR count). The maximum Gasteiger partial charge on any atom is 0.0159 e. The minimum Gasteiger partial charge on any atom is -0.313 e. The molecule has 0 aromatic heterocycles. The van der Waals surface area contributed by atoms with Gasteiger partial charge in [-0.3, -0.25) is 0 Å². The van der Waals surface area contributed by atoms with Gasteiger partial charge in [-0.2, -0.15) is 0 Å².